The standard InChI is InChI=1S/C18H20N4/c1-13-6-7-14(2)16(10-13)17-11-15(12-19)20-18(21-17)22-8-4-3-5-9-22/h6-7,10-11H,3-5,8-9H2,1-2H3. The Bertz CT molecular complexity index is 724. The predicted octanol–water partition coefficient (Wildman–Crippen LogP) is 3.62. The zero-order chi connectivity index (χ0) is 15.5. The predicted molar refractivity (Wildman–Crippen MR) is 87.7 cm³/mol. The number of aromatic nitrogens is 2. The number of nitrogens with zero attached hydrogens (tertiary/aromatic N) is 4. The van der Waals surface area contributed by atoms with E-state index in [0.29, 0.717) is 11.6 Å². The Morgan fingerprint density at radius 3 is 2.55 bits per heavy atom. The highest BCUT2D eigenvalue weighted by molar-refractivity contribution is 5.66. The van der Waals surface area contributed by atoms with Gasteiger partial charge in [-0.05, 0) is 44.7 Å². The summed E-state index contributed by atoms with van der Waals surface area (Å²) < 4.78 is 0. The lowest BCUT2D eigenvalue weighted by Gasteiger charge is -2.27. The Morgan fingerprint density at radius 1 is 1.05 bits per heavy atom. The molecule has 0 N–H and O–H groups in total. The second-order valence-electron chi connectivity index (χ2n) is 5.92. The molecule has 1 aliphatic rings. The van der Waals surface area contributed by atoms with E-state index in [1.165, 1.54) is 24.8 Å². The third-order valence-corrected chi connectivity index (χ3v) is 4.14. The zero-order valence-corrected chi connectivity index (χ0v) is 13.1. The van der Waals surface area contributed by atoms with Gasteiger partial charge in [-0.25, -0.2) is 9.97 Å². The third kappa shape index (κ3) is 2.94. The van der Waals surface area contributed by atoms with Gasteiger partial charge in [0.15, 0.2) is 0 Å². The van der Waals surface area contributed by atoms with Crippen molar-refractivity contribution in [3.63, 3.8) is 0 Å². The van der Waals surface area contributed by atoms with E-state index in [2.05, 4.69) is 48.0 Å². The average molecular weight is 292 g/mol. The Morgan fingerprint density at radius 2 is 1.82 bits per heavy atom. The average Bonchev–Trinajstić information content (AvgIpc) is 2.57. The minimum Gasteiger partial charge on any atom is -0.341 e. The molecule has 0 aliphatic carbocycles. The fourth-order valence-electron chi connectivity index (χ4n) is 2.88. The van der Waals surface area contributed by atoms with Gasteiger partial charge in [-0.1, -0.05) is 17.7 Å². The lowest BCUT2D eigenvalue weighted by atomic mass is 10.0. The smallest absolute Gasteiger partial charge is 0.227 e. The van der Waals surface area contributed by atoms with Crippen molar-refractivity contribution in [3.05, 3.63) is 41.1 Å². The number of rotatable bonds is 2. The molecule has 0 radical (unpaired) electrons. The number of anilines is 1. The molecular weight excluding hydrogens is 272 g/mol. The molecule has 2 aromatic rings. The first-order valence-electron chi connectivity index (χ1n) is 7.79. The zero-order valence-electron chi connectivity index (χ0n) is 13.1. The summed E-state index contributed by atoms with van der Waals surface area (Å²) in [6, 6.07) is 10.3. The number of piperidine rings is 1. The van der Waals surface area contributed by atoms with Crippen molar-refractivity contribution in [2.75, 3.05) is 18.0 Å². The van der Waals surface area contributed by atoms with Crippen LogP contribution in [0.1, 0.15) is 36.1 Å². The van der Waals surface area contributed by atoms with Crippen molar-refractivity contribution in [3.8, 4) is 17.3 Å². The van der Waals surface area contributed by atoms with E-state index in [4.69, 9.17) is 4.98 Å². The van der Waals surface area contributed by atoms with Crippen LogP contribution >= 0.6 is 0 Å². The summed E-state index contributed by atoms with van der Waals surface area (Å²) in [6.45, 7) is 6.09. The van der Waals surface area contributed by atoms with Crippen LogP contribution in [-0.4, -0.2) is 23.1 Å². The van der Waals surface area contributed by atoms with Crippen LogP contribution in [0.15, 0.2) is 24.3 Å². The molecule has 0 saturated carbocycles. The second-order valence-corrected chi connectivity index (χ2v) is 5.92. The summed E-state index contributed by atoms with van der Waals surface area (Å²) in [4.78, 5) is 11.3. The second kappa shape index (κ2) is 6.15. The largest absolute Gasteiger partial charge is 0.341 e. The molecule has 2 heterocycles. The van der Waals surface area contributed by atoms with Crippen LogP contribution in [0.3, 0.4) is 0 Å². The number of nitriles is 1. The maximum absolute atomic E-state index is 9.30. The molecule has 1 aromatic carbocycles. The molecule has 1 saturated heterocycles. The number of aryl methyl sites for hydroxylation is 2. The van der Waals surface area contributed by atoms with Crippen LogP contribution in [0.5, 0.6) is 0 Å². The van der Waals surface area contributed by atoms with Crippen LogP contribution in [0.25, 0.3) is 11.3 Å². The maximum Gasteiger partial charge on any atom is 0.227 e. The first-order chi connectivity index (χ1) is 10.7. The van der Waals surface area contributed by atoms with Crippen LogP contribution < -0.4 is 4.90 Å². The molecule has 4 nitrogen and oxygen atoms in total. The fourth-order valence-corrected chi connectivity index (χ4v) is 2.88. The van der Waals surface area contributed by atoms with Gasteiger partial charge in [0.1, 0.15) is 11.8 Å². The van der Waals surface area contributed by atoms with E-state index >= 15 is 0 Å². The summed E-state index contributed by atoms with van der Waals surface area (Å²) in [5.74, 6) is 0.689. The fraction of sp³-hybridized carbons (Fsp3) is 0.389. The van der Waals surface area contributed by atoms with Gasteiger partial charge in [-0.3, -0.25) is 0 Å². The molecule has 1 aromatic heterocycles. The SMILES string of the molecule is Cc1ccc(C)c(-c2cc(C#N)nc(N3CCCCC3)n2)c1. The number of hydrogen-bond donors (Lipinski definition) is 0. The molecule has 0 unspecified atom stereocenters. The lowest BCUT2D eigenvalue weighted by molar-refractivity contribution is 0.568. The minimum absolute atomic E-state index is 0.437. The van der Waals surface area contributed by atoms with E-state index in [1.54, 1.807) is 6.07 Å². The van der Waals surface area contributed by atoms with Crippen molar-refractivity contribution in [2.45, 2.75) is 33.1 Å². The normalized spacial score (nSPS) is 14.7. The van der Waals surface area contributed by atoms with Gasteiger partial charge >= 0.3 is 0 Å². The molecular formula is C18H20N4. The van der Waals surface area contributed by atoms with Crippen molar-refractivity contribution in [1.29, 1.82) is 5.26 Å². The highest BCUT2D eigenvalue weighted by Crippen LogP contribution is 2.26. The quantitative estimate of drug-likeness (QED) is 0.848. The topological polar surface area (TPSA) is 52.8 Å². The summed E-state index contributed by atoms with van der Waals surface area (Å²) in [5, 5.41) is 9.30. The Kier molecular flexibility index (Phi) is 4.06. The molecule has 0 atom stereocenters. The first-order valence-corrected chi connectivity index (χ1v) is 7.79. The molecule has 22 heavy (non-hydrogen) atoms. The van der Waals surface area contributed by atoms with Crippen LogP contribution in [0, 0.1) is 25.2 Å². The minimum atomic E-state index is 0.437. The number of benzene rings is 1. The van der Waals surface area contributed by atoms with E-state index in [0.717, 1.165) is 29.9 Å². The van der Waals surface area contributed by atoms with E-state index in [9.17, 15) is 5.26 Å². The maximum atomic E-state index is 9.30. The van der Waals surface area contributed by atoms with Crippen LogP contribution in [-0.2, 0) is 0 Å². The molecule has 3 rings (SSSR count). The highest BCUT2D eigenvalue weighted by Gasteiger charge is 2.16. The summed E-state index contributed by atoms with van der Waals surface area (Å²) in [6.07, 6.45) is 3.59. The van der Waals surface area contributed by atoms with E-state index in [-0.39, 0.29) is 0 Å². The Balaban J connectivity index is 2.07. The van der Waals surface area contributed by atoms with E-state index in [1.807, 2.05) is 0 Å². The van der Waals surface area contributed by atoms with Crippen LogP contribution in [0.4, 0.5) is 5.95 Å². The monoisotopic (exact) mass is 292 g/mol. The number of hydrogen-bond acceptors (Lipinski definition) is 4. The Hall–Kier alpha value is -2.41. The molecule has 112 valence electrons. The van der Waals surface area contributed by atoms with Gasteiger partial charge in [-0.2, -0.15) is 5.26 Å². The molecule has 1 aliphatic heterocycles. The van der Waals surface area contributed by atoms with Gasteiger partial charge in [0.2, 0.25) is 5.95 Å². The summed E-state index contributed by atoms with van der Waals surface area (Å²) in [5.41, 5.74) is 4.71. The Labute approximate surface area is 131 Å². The van der Waals surface area contributed by atoms with Crippen LogP contribution in [0.2, 0.25) is 0 Å². The molecule has 0 amide bonds. The lowest BCUT2D eigenvalue weighted by Crippen LogP contribution is -2.31. The third-order valence-electron chi connectivity index (χ3n) is 4.14. The first kappa shape index (κ1) is 14.5. The molecule has 1 fully saturated rings. The van der Waals surface area contributed by atoms with Crippen molar-refractivity contribution < 1.29 is 0 Å². The van der Waals surface area contributed by atoms with E-state index < -0.39 is 0 Å². The van der Waals surface area contributed by atoms with Gasteiger partial charge in [-0.15, -0.1) is 0 Å². The summed E-state index contributed by atoms with van der Waals surface area (Å²) >= 11 is 0. The van der Waals surface area contributed by atoms with Crippen molar-refractivity contribution >= 4 is 5.95 Å². The molecule has 0 spiro atoms. The molecule has 0 bridgehead atoms. The van der Waals surface area contributed by atoms with Gasteiger partial charge in [0.25, 0.3) is 0 Å². The highest BCUT2D eigenvalue weighted by atomic mass is 15.3. The summed E-state index contributed by atoms with van der Waals surface area (Å²) in [7, 11) is 0. The van der Waals surface area contributed by atoms with Crippen molar-refractivity contribution in [1.82, 2.24) is 9.97 Å². The van der Waals surface area contributed by atoms with Gasteiger partial charge in [0, 0.05) is 24.7 Å². The van der Waals surface area contributed by atoms with Gasteiger partial charge < -0.3 is 4.90 Å². The molecule has 4 heteroatoms. The van der Waals surface area contributed by atoms with Crippen molar-refractivity contribution in [2.24, 2.45) is 0 Å². The van der Waals surface area contributed by atoms with Gasteiger partial charge in [0.05, 0.1) is 5.69 Å².